The van der Waals surface area contributed by atoms with Crippen molar-refractivity contribution in [3.63, 3.8) is 0 Å². The molecule has 6 nitrogen and oxygen atoms in total. The van der Waals surface area contributed by atoms with Crippen LogP contribution in [-0.4, -0.2) is 35.3 Å². The quantitative estimate of drug-likeness (QED) is 0.409. The average Bonchev–Trinajstić information content (AvgIpc) is 2.98. The Bertz CT molecular complexity index is 593. The molecular formula is C14H19N5OS. The number of imidazole rings is 1. The molecule has 0 aliphatic heterocycles. The first-order chi connectivity index (χ1) is 10.2. The zero-order valence-corrected chi connectivity index (χ0v) is 12.7. The number of aliphatic imine (C=N–C) groups is 1. The van der Waals surface area contributed by atoms with E-state index in [0.717, 1.165) is 22.9 Å². The van der Waals surface area contributed by atoms with Crippen LogP contribution in [0, 0.1) is 0 Å². The van der Waals surface area contributed by atoms with Crippen molar-refractivity contribution in [3.05, 3.63) is 36.2 Å². The van der Waals surface area contributed by atoms with Gasteiger partial charge in [0.1, 0.15) is 18.2 Å². The van der Waals surface area contributed by atoms with E-state index in [1.54, 1.807) is 18.0 Å². The maximum atomic E-state index is 5.66. The first-order valence-corrected chi connectivity index (χ1v) is 7.90. The van der Waals surface area contributed by atoms with E-state index in [9.17, 15) is 0 Å². The lowest BCUT2D eigenvalue weighted by Gasteiger charge is -2.10. The Morgan fingerprint density at radius 3 is 2.95 bits per heavy atom. The molecule has 0 aliphatic carbocycles. The predicted octanol–water partition coefficient (Wildman–Crippen LogP) is 1.59. The van der Waals surface area contributed by atoms with Crippen molar-refractivity contribution in [1.82, 2.24) is 9.97 Å². The lowest BCUT2D eigenvalue weighted by Crippen LogP contribution is -2.23. The largest absolute Gasteiger partial charge is 0.492 e. The third-order valence-corrected chi connectivity index (χ3v) is 3.38. The summed E-state index contributed by atoms with van der Waals surface area (Å²) in [5, 5.41) is 0. The SMILES string of the molecule is CSCc1cc(OCCN=C(N)N)ccc1-c1ncc[nH]1. The highest BCUT2D eigenvalue weighted by Gasteiger charge is 2.08. The summed E-state index contributed by atoms with van der Waals surface area (Å²) in [6.07, 6.45) is 5.63. The molecule has 0 fully saturated rings. The smallest absolute Gasteiger partial charge is 0.186 e. The van der Waals surface area contributed by atoms with E-state index < -0.39 is 0 Å². The second-order valence-corrected chi connectivity index (χ2v) is 5.21. The minimum absolute atomic E-state index is 0.0786. The second-order valence-electron chi connectivity index (χ2n) is 4.34. The molecule has 7 heteroatoms. The molecule has 1 aromatic heterocycles. The molecule has 112 valence electrons. The van der Waals surface area contributed by atoms with Crippen LogP contribution < -0.4 is 16.2 Å². The fraction of sp³-hybridized carbons (Fsp3) is 0.286. The van der Waals surface area contributed by atoms with Crippen LogP contribution in [0.5, 0.6) is 5.75 Å². The molecule has 0 spiro atoms. The Morgan fingerprint density at radius 2 is 2.29 bits per heavy atom. The van der Waals surface area contributed by atoms with Gasteiger partial charge in [-0.25, -0.2) is 4.98 Å². The molecule has 1 aromatic carbocycles. The van der Waals surface area contributed by atoms with Crippen molar-refractivity contribution < 1.29 is 4.74 Å². The summed E-state index contributed by atoms with van der Waals surface area (Å²) in [6.45, 7) is 0.886. The van der Waals surface area contributed by atoms with Crippen LogP contribution in [0.2, 0.25) is 0 Å². The lowest BCUT2D eigenvalue weighted by atomic mass is 10.1. The zero-order chi connectivity index (χ0) is 15.1. The number of benzene rings is 1. The normalized spacial score (nSPS) is 10.3. The van der Waals surface area contributed by atoms with E-state index in [1.807, 2.05) is 24.4 Å². The fourth-order valence-corrected chi connectivity index (χ4v) is 2.47. The topological polar surface area (TPSA) is 102 Å². The number of aromatic amines is 1. The summed E-state index contributed by atoms with van der Waals surface area (Å²) in [5.74, 6) is 2.64. The van der Waals surface area contributed by atoms with Gasteiger partial charge in [-0.2, -0.15) is 11.8 Å². The Kier molecular flexibility index (Phi) is 5.51. The predicted molar refractivity (Wildman–Crippen MR) is 87.4 cm³/mol. The van der Waals surface area contributed by atoms with Gasteiger partial charge in [0.25, 0.3) is 0 Å². The maximum absolute atomic E-state index is 5.66. The van der Waals surface area contributed by atoms with Gasteiger partial charge >= 0.3 is 0 Å². The number of aromatic nitrogens is 2. The van der Waals surface area contributed by atoms with E-state index in [2.05, 4.69) is 21.2 Å². The molecule has 0 atom stereocenters. The lowest BCUT2D eigenvalue weighted by molar-refractivity contribution is 0.328. The van der Waals surface area contributed by atoms with Crippen LogP contribution in [0.4, 0.5) is 0 Å². The van der Waals surface area contributed by atoms with Crippen molar-refractivity contribution in [2.24, 2.45) is 16.5 Å². The first kappa shape index (κ1) is 15.2. The number of nitrogens with zero attached hydrogens (tertiary/aromatic N) is 2. The van der Waals surface area contributed by atoms with Crippen LogP contribution in [0.3, 0.4) is 0 Å². The summed E-state index contributed by atoms with van der Waals surface area (Å²) in [6, 6.07) is 5.97. The second kappa shape index (κ2) is 7.58. The van der Waals surface area contributed by atoms with Gasteiger partial charge in [-0.1, -0.05) is 0 Å². The Balaban J connectivity index is 2.11. The van der Waals surface area contributed by atoms with Crippen LogP contribution in [0.1, 0.15) is 5.56 Å². The fourth-order valence-electron chi connectivity index (χ4n) is 1.92. The Hall–Kier alpha value is -2.15. The Labute approximate surface area is 128 Å². The monoisotopic (exact) mass is 305 g/mol. The van der Waals surface area contributed by atoms with Gasteiger partial charge in [-0.05, 0) is 30.0 Å². The first-order valence-electron chi connectivity index (χ1n) is 6.50. The van der Waals surface area contributed by atoms with Gasteiger partial charge in [0.05, 0.1) is 6.54 Å². The van der Waals surface area contributed by atoms with Crippen molar-refractivity contribution in [2.75, 3.05) is 19.4 Å². The van der Waals surface area contributed by atoms with Gasteiger partial charge in [0, 0.05) is 23.7 Å². The molecule has 2 rings (SSSR count). The molecule has 21 heavy (non-hydrogen) atoms. The summed E-state index contributed by atoms with van der Waals surface area (Å²) in [4.78, 5) is 11.3. The highest BCUT2D eigenvalue weighted by Crippen LogP contribution is 2.27. The van der Waals surface area contributed by atoms with Crippen LogP contribution in [0.15, 0.2) is 35.6 Å². The van der Waals surface area contributed by atoms with Crippen LogP contribution in [0.25, 0.3) is 11.4 Å². The summed E-state index contributed by atoms with van der Waals surface area (Å²) in [7, 11) is 0. The average molecular weight is 305 g/mol. The molecular weight excluding hydrogens is 286 g/mol. The van der Waals surface area contributed by atoms with E-state index in [-0.39, 0.29) is 5.96 Å². The standard InChI is InChI=1S/C14H19N5OS/c1-21-9-10-8-11(20-7-6-19-14(15)16)2-3-12(10)13-17-4-5-18-13/h2-5,8H,6-7,9H2,1H3,(H,17,18)(H4,15,16,19). The van der Waals surface area contributed by atoms with E-state index in [1.165, 1.54) is 5.56 Å². The van der Waals surface area contributed by atoms with Gasteiger partial charge in [0.2, 0.25) is 0 Å². The molecule has 2 aromatic rings. The maximum Gasteiger partial charge on any atom is 0.186 e. The Morgan fingerprint density at radius 1 is 1.43 bits per heavy atom. The van der Waals surface area contributed by atoms with Gasteiger partial charge in [-0.15, -0.1) is 0 Å². The van der Waals surface area contributed by atoms with Gasteiger partial charge < -0.3 is 21.2 Å². The molecule has 0 saturated heterocycles. The number of H-pyrrole nitrogens is 1. The van der Waals surface area contributed by atoms with E-state index in [0.29, 0.717) is 13.2 Å². The van der Waals surface area contributed by atoms with Gasteiger partial charge in [-0.3, -0.25) is 4.99 Å². The van der Waals surface area contributed by atoms with Crippen LogP contribution >= 0.6 is 11.8 Å². The molecule has 0 unspecified atom stereocenters. The molecule has 0 bridgehead atoms. The molecule has 0 saturated carbocycles. The number of hydrogen-bond acceptors (Lipinski definition) is 4. The zero-order valence-electron chi connectivity index (χ0n) is 11.9. The minimum Gasteiger partial charge on any atom is -0.492 e. The number of nitrogens with two attached hydrogens (primary N) is 2. The van der Waals surface area contributed by atoms with E-state index >= 15 is 0 Å². The van der Waals surface area contributed by atoms with Crippen LogP contribution in [-0.2, 0) is 5.75 Å². The highest BCUT2D eigenvalue weighted by atomic mass is 32.2. The number of thioether (sulfide) groups is 1. The van der Waals surface area contributed by atoms with E-state index in [4.69, 9.17) is 16.2 Å². The van der Waals surface area contributed by atoms with Crippen molar-refractivity contribution in [3.8, 4) is 17.1 Å². The number of rotatable bonds is 7. The molecule has 0 amide bonds. The number of nitrogens with one attached hydrogen (secondary N) is 1. The van der Waals surface area contributed by atoms with Crippen molar-refractivity contribution >= 4 is 17.7 Å². The highest BCUT2D eigenvalue weighted by molar-refractivity contribution is 7.97. The third kappa shape index (κ3) is 4.42. The summed E-state index contributed by atoms with van der Waals surface area (Å²) in [5.41, 5.74) is 12.8. The van der Waals surface area contributed by atoms with Crippen molar-refractivity contribution in [2.45, 2.75) is 5.75 Å². The number of ether oxygens (including phenoxy) is 1. The van der Waals surface area contributed by atoms with Crippen molar-refractivity contribution in [1.29, 1.82) is 0 Å². The molecule has 0 aliphatic rings. The van der Waals surface area contributed by atoms with Gasteiger partial charge in [0.15, 0.2) is 5.96 Å². The third-order valence-electron chi connectivity index (χ3n) is 2.78. The number of hydrogen-bond donors (Lipinski definition) is 3. The molecule has 5 N–H and O–H groups in total. The number of guanidine groups is 1. The molecule has 0 radical (unpaired) electrons. The summed E-state index contributed by atoms with van der Waals surface area (Å²) < 4.78 is 5.66. The molecule has 1 heterocycles. The minimum atomic E-state index is 0.0786. The summed E-state index contributed by atoms with van der Waals surface area (Å²) >= 11 is 1.75.